The molecule has 2 aromatic rings. The van der Waals surface area contributed by atoms with Crippen LogP contribution in [-0.2, 0) is 0 Å². The van der Waals surface area contributed by atoms with Gasteiger partial charge < -0.3 is 14.2 Å². The third-order valence-corrected chi connectivity index (χ3v) is 3.46. The van der Waals surface area contributed by atoms with Crippen LogP contribution in [0, 0.1) is 10.1 Å². The lowest BCUT2D eigenvalue weighted by Gasteiger charge is -2.13. The van der Waals surface area contributed by atoms with Gasteiger partial charge in [-0.25, -0.2) is 0 Å². The topological polar surface area (TPSA) is 87.9 Å². The number of carbonyl (C=O) groups is 1. The molecule has 0 radical (unpaired) electrons. The summed E-state index contributed by atoms with van der Waals surface area (Å²) in [6.45, 7) is 0. The highest BCUT2D eigenvalue weighted by Gasteiger charge is 2.15. The zero-order valence-corrected chi connectivity index (χ0v) is 14.0. The monoisotopic (exact) mass is 343 g/mol. The lowest BCUT2D eigenvalue weighted by molar-refractivity contribution is -0.384. The van der Waals surface area contributed by atoms with Gasteiger partial charge in [0.1, 0.15) is 0 Å². The van der Waals surface area contributed by atoms with Crippen LogP contribution in [0.2, 0.25) is 0 Å². The minimum atomic E-state index is -0.488. The van der Waals surface area contributed by atoms with Crippen LogP contribution < -0.4 is 14.2 Å². The molecule has 0 bridgehead atoms. The second kappa shape index (κ2) is 7.96. The van der Waals surface area contributed by atoms with Crippen LogP contribution in [-0.4, -0.2) is 32.0 Å². The van der Waals surface area contributed by atoms with E-state index in [9.17, 15) is 14.9 Å². The molecule has 2 aromatic carbocycles. The van der Waals surface area contributed by atoms with Crippen LogP contribution in [0.25, 0.3) is 6.08 Å². The maximum absolute atomic E-state index is 12.4. The Morgan fingerprint density at radius 2 is 1.68 bits per heavy atom. The van der Waals surface area contributed by atoms with E-state index in [4.69, 9.17) is 14.2 Å². The van der Waals surface area contributed by atoms with Crippen LogP contribution in [0.3, 0.4) is 0 Å². The molecule has 130 valence electrons. The number of ether oxygens (including phenoxy) is 3. The molecule has 7 heteroatoms. The van der Waals surface area contributed by atoms with E-state index in [1.807, 2.05) is 0 Å². The second-order valence-corrected chi connectivity index (χ2v) is 4.96. The fraction of sp³-hybridized carbons (Fsp3) is 0.167. The number of benzene rings is 2. The van der Waals surface area contributed by atoms with Gasteiger partial charge in [-0.2, -0.15) is 0 Å². The molecule has 0 atom stereocenters. The maximum atomic E-state index is 12.4. The highest BCUT2D eigenvalue weighted by molar-refractivity contribution is 6.07. The van der Waals surface area contributed by atoms with Crippen LogP contribution >= 0.6 is 0 Å². The summed E-state index contributed by atoms with van der Waals surface area (Å²) < 4.78 is 15.7. The van der Waals surface area contributed by atoms with E-state index < -0.39 is 4.92 Å². The minimum absolute atomic E-state index is 0.0395. The van der Waals surface area contributed by atoms with Gasteiger partial charge in [-0.15, -0.1) is 0 Å². The molecule has 0 amide bonds. The van der Waals surface area contributed by atoms with Crippen molar-refractivity contribution in [3.8, 4) is 17.2 Å². The third kappa shape index (κ3) is 4.14. The minimum Gasteiger partial charge on any atom is -0.493 e. The summed E-state index contributed by atoms with van der Waals surface area (Å²) in [4.78, 5) is 22.7. The number of nitro groups is 1. The smallest absolute Gasteiger partial charge is 0.270 e. The van der Waals surface area contributed by atoms with Crippen molar-refractivity contribution in [2.45, 2.75) is 0 Å². The molecular weight excluding hydrogens is 326 g/mol. The van der Waals surface area contributed by atoms with Crippen LogP contribution in [0.15, 0.2) is 42.5 Å². The number of allylic oxidation sites excluding steroid dienone is 1. The number of nitro benzene ring substituents is 1. The molecule has 0 aliphatic carbocycles. The number of nitrogens with zero attached hydrogens (tertiary/aromatic N) is 1. The van der Waals surface area contributed by atoms with Crippen molar-refractivity contribution in [3.63, 3.8) is 0 Å². The Hall–Kier alpha value is -3.35. The van der Waals surface area contributed by atoms with E-state index in [0.717, 1.165) is 0 Å². The standard InChI is InChI=1S/C18H17NO6/c1-23-16-10-13(11-17(24-2)18(16)25-3)15(20)8-7-12-5-4-6-14(9-12)19(21)22/h4-11H,1-3H3/b8-7+. The summed E-state index contributed by atoms with van der Waals surface area (Å²) >= 11 is 0. The maximum Gasteiger partial charge on any atom is 0.270 e. The van der Waals surface area contributed by atoms with E-state index in [2.05, 4.69) is 0 Å². The lowest BCUT2D eigenvalue weighted by Crippen LogP contribution is -2.00. The predicted octanol–water partition coefficient (Wildman–Crippen LogP) is 3.52. The molecule has 0 aromatic heterocycles. The summed E-state index contributed by atoms with van der Waals surface area (Å²) in [5, 5.41) is 10.8. The van der Waals surface area contributed by atoms with E-state index in [1.54, 1.807) is 24.3 Å². The molecule has 0 saturated heterocycles. The molecular formula is C18H17NO6. The Balaban J connectivity index is 2.31. The highest BCUT2D eigenvalue weighted by atomic mass is 16.6. The SMILES string of the molecule is COc1cc(C(=O)/C=C/c2cccc([N+](=O)[O-])c2)cc(OC)c1OC. The zero-order valence-electron chi connectivity index (χ0n) is 14.0. The molecule has 0 heterocycles. The lowest BCUT2D eigenvalue weighted by atomic mass is 10.1. The molecule has 0 N–H and O–H groups in total. The van der Waals surface area contributed by atoms with Gasteiger partial charge in [0.2, 0.25) is 5.75 Å². The number of ketones is 1. The normalized spacial score (nSPS) is 10.5. The largest absolute Gasteiger partial charge is 0.493 e. The summed E-state index contributed by atoms with van der Waals surface area (Å²) in [5.41, 5.74) is 0.855. The second-order valence-electron chi connectivity index (χ2n) is 4.96. The molecule has 0 fully saturated rings. The fourth-order valence-electron chi connectivity index (χ4n) is 2.23. The highest BCUT2D eigenvalue weighted by Crippen LogP contribution is 2.38. The first-order valence-corrected chi connectivity index (χ1v) is 7.27. The summed E-state index contributed by atoms with van der Waals surface area (Å²) in [7, 11) is 4.40. The summed E-state index contributed by atoms with van der Waals surface area (Å²) in [5.74, 6) is 0.831. The van der Waals surface area contributed by atoms with Crippen molar-refractivity contribution in [1.29, 1.82) is 0 Å². The molecule has 0 aliphatic rings. The van der Waals surface area contributed by atoms with Gasteiger partial charge in [0.05, 0.1) is 26.3 Å². The van der Waals surface area contributed by atoms with Gasteiger partial charge in [0.25, 0.3) is 5.69 Å². The van der Waals surface area contributed by atoms with Gasteiger partial charge in [-0.3, -0.25) is 14.9 Å². The average Bonchev–Trinajstić information content (AvgIpc) is 2.64. The first kappa shape index (κ1) is 18.0. The summed E-state index contributed by atoms with van der Waals surface area (Å²) in [6.07, 6.45) is 2.85. The van der Waals surface area contributed by atoms with Crippen LogP contribution in [0.5, 0.6) is 17.2 Å². The Labute approximate surface area is 144 Å². The number of non-ortho nitro benzene ring substituents is 1. The van der Waals surface area contributed by atoms with Gasteiger partial charge in [0, 0.05) is 17.7 Å². The van der Waals surface area contributed by atoms with Crippen molar-refractivity contribution in [2.75, 3.05) is 21.3 Å². The van der Waals surface area contributed by atoms with E-state index in [1.165, 1.54) is 45.6 Å². The number of methoxy groups -OCH3 is 3. The van der Waals surface area contributed by atoms with Crippen molar-refractivity contribution < 1.29 is 23.9 Å². The quantitative estimate of drug-likeness (QED) is 0.331. The third-order valence-electron chi connectivity index (χ3n) is 3.46. The van der Waals surface area contributed by atoms with Crippen molar-refractivity contribution in [3.05, 3.63) is 63.7 Å². The zero-order chi connectivity index (χ0) is 18.4. The first-order valence-electron chi connectivity index (χ1n) is 7.27. The van der Waals surface area contributed by atoms with E-state index in [0.29, 0.717) is 28.4 Å². The van der Waals surface area contributed by atoms with Crippen molar-refractivity contribution >= 4 is 17.5 Å². The summed E-state index contributed by atoms with van der Waals surface area (Å²) in [6, 6.07) is 9.09. The fourth-order valence-corrected chi connectivity index (χ4v) is 2.23. The Kier molecular flexibility index (Phi) is 5.73. The number of rotatable bonds is 7. The van der Waals surface area contributed by atoms with Crippen LogP contribution in [0.4, 0.5) is 5.69 Å². The Morgan fingerprint density at radius 1 is 1.04 bits per heavy atom. The molecule has 2 rings (SSSR count). The van der Waals surface area contributed by atoms with Crippen LogP contribution in [0.1, 0.15) is 15.9 Å². The average molecular weight is 343 g/mol. The molecule has 0 saturated carbocycles. The van der Waals surface area contributed by atoms with Gasteiger partial charge in [-0.1, -0.05) is 18.2 Å². The Morgan fingerprint density at radius 3 is 2.20 bits per heavy atom. The van der Waals surface area contributed by atoms with Gasteiger partial charge in [-0.05, 0) is 23.8 Å². The number of hydrogen-bond donors (Lipinski definition) is 0. The number of hydrogen-bond acceptors (Lipinski definition) is 6. The van der Waals surface area contributed by atoms with Gasteiger partial charge >= 0.3 is 0 Å². The van der Waals surface area contributed by atoms with E-state index in [-0.39, 0.29) is 11.5 Å². The molecule has 0 aliphatic heterocycles. The molecule has 0 unspecified atom stereocenters. The molecule has 0 spiro atoms. The van der Waals surface area contributed by atoms with E-state index >= 15 is 0 Å². The predicted molar refractivity (Wildman–Crippen MR) is 92.6 cm³/mol. The van der Waals surface area contributed by atoms with Gasteiger partial charge in [0.15, 0.2) is 17.3 Å². The molecule has 25 heavy (non-hydrogen) atoms. The Bertz CT molecular complexity index is 803. The first-order chi connectivity index (χ1) is 12.0. The van der Waals surface area contributed by atoms with Crippen molar-refractivity contribution in [1.82, 2.24) is 0 Å². The van der Waals surface area contributed by atoms with Crippen molar-refractivity contribution in [2.24, 2.45) is 0 Å². The molecule has 7 nitrogen and oxygen atoms in total. The number of carbonyl (C=O) groups excluding carboxylic acids is 1.